The summed E-state index contributed by atoms with van der Waals surface area (Å²) in [6, 6.07) is 7.66. The van der Waals surface area contributed by atoms with E-state index in [4.69, 9.17) is 4.74 Å². The van der Waals surface area contributed by atoms with Gasteiger partial charge in [0.25, 0.3) is 0 Å². The van der Waals surface area contributed by atoms with E-state index in [1.54, 1.807) is 18.4 Å². The van der Waals surface area contributed by atoms with E-state index >= 15 is 0 Å². The molecule has 1 aromatic carbocycles. The molecule has 2 aromatic rings. The minimum atomic E-state index is 0.170. The number of piperazine rings is 1. The molecule has 122 valence electrons. The zero-order chi connectivity index (χ0) is 16.2. The molecule has 0 bridgehead atoms. The molecule has 0 spiro atoms. The van der Waals surface area contributed by atoms with E-state index in [1.165, 1.54) is 0 Å². The first-order valence-corrected chi connectivity index (χ1v) is 8.43. The monoisotopic (exact) mass is 332 g/mol. The summed E-state index contributed by atoms with van der Waals surface area (Å²) < 4.78 is 5.14. The standard InChI is InChI=1S/C16H20N4O2S/c1-12-17-18-16(23-12)20-9-7-19(8-10-20)15(21)11-13-3-5-14(22-2)6-4-13/h3-6H,7-11H2,1-2H3. The summed E-state index contributed by atoms with van der Waals surface area (Å²) in [5.41, 5.74) is 1.01. The molecule has 2 heterocycles. The van der Waals surface area contributed by atoms with Crippen molar-refractivity contribution in [2.75, 3.05) is 38.2 Å². The number of carbonyl (C=O) groups excluding carboxylic acids is 1. The molecule has 1 aromatic heterocycles. The normalized spacial score (nSPS) is 14.9. The van der Waals surface area contributed by atoms with Gasteiger partial charge in [-0.25, -0.2) is 0 Å². The third-order valence-electron chi connectivity index (χ3n) is 3.93. The van der Waals surface area contributed by atoms with Crippen LogP contribution < -0.4 is 9.64 Å². The first-order valence-electron chi connectivity index (χ1n) is 7.61. The molecule has 0 saturated carbocycles. The maximum atomic E-state index is 12.4. The topological polar surface area (TPSA) is 58.6 Å². The van der Waals surface area contributed by atoms with Crippen molar-refractivity contribution in [1.29, 1.82) is 0 Å². The summed E-state index contributed by atoms with van der Waals surface area (Å²) in [6.45, 7) is 5.03. The average Bonchev–Trinajstić information content (AvgIpc) is 3.02. The van der Waals surface area contributed by atoms with Crippen LogP contribution in [0.25, 0.3) is 0 Å². The van der Waals surface area contributed by atoms with Crippen LogP contribution in [-0.2, 0) is 11.2 Å². The summed E-state index contributed by atoms with van der Waals surface area (Å²) in [5.74, 6) is 0.977. The van der Waals surface area contributed by atoms with Crippen molar-refractivity contribution in [1.82, 2.24) is 15.1 Å². The minimum absolute atomic E-state index is 0.170. The molecule has 0 N–H and O–H groups in total. The Morgan fingerprint density at radius 3 is 2.43 bits per heavy atom. The number of nitrogens with zero attached hydrogens (tertiary/aromatic N) is 4. The quantitative estimate of drug-likeness (QED) is 0.854. The van der Waals surface area contributed by atoms with Crippen molar-refractivity contribution in [2.45, 2.75) is 13.3 Å². The lowest BCUT2D eigenvalue weighted by Gasteiger charge is -2.34. The average molecular weight is 332 g/mol. The molecular weight excluding hydrogens is 312 g/mol. The van der Waals surface area contributed by atoms with Gasteiger partial charge in [-0.1, -0.05) is 23.5 Å². The predicted octanol–water partition coefficient (Wildman–Crippen LogP) is 1.75. The lowest BCUT2D eigenvalue weighted by atomic mass is 10.1. The van der Waals surface area contributed by atoms with Gasteiger partial charge < -0.3 is 14.5 Å². The van der Waals surface area contributed by atoms with Crippen LogP contribution in [0, 0.1) is 6.92 Å². The second kappa shape index (κ2) is 6.95. The molecular formula is C16H20N4O2S. The Balaban J connectivity index is 1.53. The van der Waals surface area contributed by atoms with Crippen LogP contribution in [0.2, 0.25) is 0 Å². The largest absolute Gasteiger partial charge is 0.497 e. The second-order valence-electron chi connectivity index (χ2n) is 5.50. The van der Waals surface area contributed by atoms with Crippen molar-refractivity contribution < 1.29 is 9.53 Å². The van der Waals surface area contributed by atoms with Gasteiger partial charge in [-0.2, -0.15) is 0 Å². The third-order valence-corrected chi connectivity index (χ3v) is 4.83. The Labute approximate surface area is 139 Å². The summed E-state index contributed by atoms with van der Waals surface area (Å²) in [4.78, 5) is 16.5. The van der Waals surface area contributed by atoms with Gasteiger partial charge in [-0.3, -0.25) is 4.79 Å². The van der Waals surface area contributed by atoms with Gasteiger partial charge in [0.2, 0.25) is 11.0 Å². The van der Waals surface area contributed by atoms with Gasteiger partial charge >= 0.3 is 0 Å². The number of amides is 1. The number of hydrogen-bond acceptors (Lipinski definition) is 6. The second-order valence-corrected chi connectivity index (χ2v) is 6.66. The summed E-state index contributed by atoms with van der Waals surface area (Å²) in [6.07, 6.45) is 0.432. The zero-order valence-electron chi connectivity index (χ0n) is 13.4. The SMILES string of the molecule is COc1ccc(CC(=O)N2CCN(c3nnc(C)s3)CC2)cc1. The lowest BCUT2D eigenvalue weighted by Crippen LogP contribution is -2.49. The van der Waals surface area contributed by atoms with Crippen molar-refractivity contribution >= 4 is 22.4 Å². The van der Waals surface area contributed by atoms with Gasteiger partial charge in [-0.15, -0.1) is 10.2 Å². The van der Waals surface area contributed by atoms with Crippen LogP contribution in [0.4, 0.5) is 5.13 Å². The van der Waals surface area contributed by atoms with Crippen LogP contribution >= 0.6 is 11.3 Å². The highest BCUT2D eigenvalue weighted by atomic mass is 32.1. The maximum absolute atomic E-state index is 12.4. The van der Waals surface area contributed by atoms with Gasteiger partial charge in [0.05, 0.1) is 13.5 Å². The molecule has 0 unspecified atom stereocenters. The molecule has 6 nitrogen and oxygen atoms in total. The van der Waals surface area contributed by atoms with E-state index < -0.39 is 0 Å². The minimum Gasteiger partial charge on any atom is -0.497 e. The smallest absolute Gasteiger partial charge is 0.227 e. The summed E-state index contributed by atoms with van der Waals surface area (Å²) in [5, 5.41) is 10.1. The number of aryl methyl sites for hydroxylation is 1. The van der Waals surface area contributed by atoms with Crippen LogP contribution in [0.3, 0.4) is 0 Å². The number of ether oxygens (including phenoxy) is 1. The van der Waals surface area contributed by atoms with Crippen molar-refractivity contribution in [3.05, 3.63) is 34.8 Å². The summed E-state index contributed by atoms with van der Waals surface area (Å²) in [7, 11) is 1.64. The lowest BCUT2D eigenvalue weighted by molar-refractivity contribution is -0.130. The van der Waals surface area contributed by atoms with Crippen LogP contribution in [-0.4, -0.2) is 54.3 Å². The molecule has 1 saturated heterocycles. The molecule has 23 heavy (non-hydrogen) atoms. The Morgan fingerprint density at radius 1 is 1.17 bits per heavy atom. The number of rotatable bonds is 4. The maximum Gasteiger partial charge on any atom is 0.227 e. The van der Waals surface area contributed by atoms with Gasteiger partial charge in [-0.05, 0) is 24.6 Å². The van der Waals surface area contributed by atoms with Gasteiger partial charge in [0, 0.05) is 26.2 Å². The number of aromatic nitrogens is 2. The molecule has 1 fully saturated rings. The van der Waals surface area contributed by atoms with E-state index in [1.807, 2.05) is 36.1 Å². The fraction of sp³-hybridized carbons (Fsp3) is 0.438. The Morgan fingerprint density at radius 2 is 1.87 bits per heavy atom. The molecule has 3 rings (SSSR count). The van der Waals surface area contributed by atoms with E-state index in [0.717, 1.165) is 47.6 Å². The molecule has 1 amide bonds. The van der Waals surface area contributed by atoms with Crippen molar-refractivity contribution in [2.24, 2.45) is 0 Å². The van der Waals surface area contributed by atoms with Gasteiger partial charge in [0.1, 0.15) is 10.8 Å². The van der Waals surface area contributed by atoms with E-state index in [9.17, 15) is 4.79 Å². The molecule has 1 aliphatic rings. The zero-order valence-corrected chi connectivity index (χ0v) is 14.2. The highest BCUT2D eigenvalue weighted by Gasteiger charge is 2.23. The highest BCUT2D eigenvalue weighted by Crippen LogP contribution is 2.21. The molecule has 0 atom stereocenters. The molecule has 1 aliphatic heterocycles. The Bertz CT molecular complexity index is 663. The van der Waals surface area contributed by atoms with Crippen molar-refractivity contribution in [3.63, 3.8) is 0 Å². The van der Waals surface area contributed by atoms with Crippen molar-refractivity contribution in [3.8, 4) is 5.75 Å². The molecule has 7 heteroatoms. The summed E-state index contributed by atoms with van der Waals surface area (Å²) >= 11 is 1.60. The number of benzene rings is 1. The van der Waals surface area contributed by atoms with E-state index in [0.29, 0.717) is 6.42 Å². The fourth-order valence-electron chi connectivity index (χ4n) is 2.59. The van der Waals surface area contributed by atoms with Crippen LogP contribution in [0.5, 0.6) is 5.75 Å². The number of anilines is 1. The van der Waals surface area contributed by atoms with E-state index in [-0.39, 0.29) is 5.91 Å². The first-order chi connectivity index (χ1) is 11.2. The van der Waals surface area contributed by atoms with E-state index in [2.05, 4.69) is 15.1 Å². The Hall–Kier alpha value is -2.15. The Kier molecular flexibility index (Phi) is 4.76. The first kappa shape index (κ1) is 15.7. The number of carbonyl (C=O) groups is 1. The highest BCUT2D eigenvalue weighted by molar-refractivity contribution is 7.15. The van der Waals surface area contributed by atoms with Crippen LogP contribution in [0.1, 0.15) is 10.6 Å². The number of methoxy groups -OCH3 is 1. The third kappa shape index (κ3) is 3.79. The van der Waals surface area contributed by atoms with Gasteiger partial charge in [0.15, 0.2) is 0 Å². The fourth-order valence-corrected chi connectivity index (χ4v) is 3.33. The predicted molar refractivity (Wildman–Crippen MR) is 90.1 cm³/mol. The molecule has 0 radical (unpaired) electrons. The number of hydrogen-bond donors (Lipinski definition) is 0. The van der Waals surface area contributed by atoms with Crippen LogP contribution in [0.15, 0.2) is 24.3 Å². The molecule has 0 aliphatic carbocycles.